The number of fused-ring (bicyclic) bond motifs is 1. The maximum Gasteiger partial charge on any atom is 0.0657 e. The Morgan fingerprint density at radius 3 is 2.85 bits per heavy atom. The molecule has 0 saturated carbocycles. The Kier molecular flexibility index (Phi) is 4.71. The van der Waals surface area contributed by atoms with Gasteiger partial charge < -0.3 is 10.1 Å². The molecule has 0 aliphatic carbocycles. The van der Waals surface area contributed by atoms with Gasteiger partial charge in [-0.25, -0.2) is 0 Å². The zero-order chi connectivity index (χ0) is 13.8. The van der Waals surface area contributed by atoms with E-state index in [0.29, 0.717) is 12.1 Å². The lowest BCUT2D eigenvalue weighted by atomic mass is 9.97. The summed E-state index contributed by atoms with van der Waals surface area (Å²) in [6.07, 6.45) is 5.40. The number of methoxy groups -OCH3 is 1. The van der Waals surface area contributed by atoms with Crippen molar-refractivity contribution in [1.29, 1.82) is 0 Å². The van der Waals surface area contributed by atoms with Gasteiger partial charge in [-0.3, -0.25) is 4.90 Å². The minimum Gasteiger partial charge on any atom is -0.383 e. The van der Waals surface area contributed by atoms with E-state index in [-0.39, 0.29) is 0 Å². The van der Waals surface area contributed by atoms with Crippen molar-refractivity contribution in [2.75, 3.05) is 26.8 Å². The summed E-state index contributed by atoms with van der Waals surface area (Å²) in [6, 6.07) is 12.4. The fourth-order valence-electron chi connectivity index (χ4n) is 3.79. The molecule has 0 aromatic heterocycles. The van der Waals surface area contributed by atoms with Crippen LogP contribution in [0.2, 0.25) is 0 Å². The number of piperidine rings is 1. The number of nitrogens with one attached hydrogen (secondary N) is 1. The molecule has 1 aromatic carbocycles. The molecule has 20 heavy (non-hydrogen) atoms. The first-order valence-corrected chi connectivity index (χ1v) is 7.92. The van der Waals surface area contributed by atoms with Crippen molar-refractivity contribution in [2.45, 2.75) is 43.8 Å². The second-order valence-electron chi connectivity index (χ2n) is 6.08. The molecule has 3 heteroatoms. The summed E-state index contributed by atoms with van der Waals surface area (Å²) < 4.78 is 5.43. The summed E-state index contributed by atoms with van der Waals surface area (Å²) in [5, 5.41) is 3.87. The molecule has 2 aliphatic heterocycles. The maximum absolute atomic E-state index is 5.43. The Bertz CT molecular complexity index is 409. The number of nitrogens with zero attached hydrogens (tertiary/aromatic N) is 1. The monoisotopic (exact) mass is 274 g/mol. The van der Waals surface area contributed by atoms with Crippen molar-refractivity contribution in [1.82, 2.24) is 10.2 Å². The van der Waals surface area contributed by atoms with Gasteiger partial charge in [-0.1, -0.05) is 36.8 Å². The van der Waals surface area contributed by atoms with Gasteiger partial charge in [0.2, 0.25) is 0 Å². The molecule has 3 nitrogen and oxygen atoms in total. The fourth-order valence-corrected chi connectivity index (χ4v) is 3.79. The first kappa shape index (κ1) is 14.1. The number of hydrogen-bond acceptors (Lipinski definition) is 3. The highest BCUT2D eigenvalue weighted by molar-refractivity contribution is 5.19. The number of rotatable bonds is 5. The highest BCUT2D eigenvalue weighted by atomic mass is 16.5. The molecule has 0 radical (unpaired) electrons. The third-order valence-electron chi connectivity index (χ3n) is 4.81. The smallest absolute Gasteiger partial charge is 0.0657 e. The predicted octanol–water partition coefficient (Wildman–Crippen LogP) is 2.59. The van der Waals surface area contributed by atoms with Crippen LogP contribution in [0.5, 0.6) is 0 Å². The Labute approximate surface area is 122 Å². The summed E-state index contributed by atoms with van der Waals surface area (Å²) in [7, 11) is 1.79. The minimum absolute atomic E-state index is 0.313. The van der Waals surface area contributed by atoms with Gasteiger partial charge in [0.15, 0.2) is 0 Å². The molecule has 0 amide bonds. The molecule has 3 unspecified atom stereocenters. The van der Waals surface area contributed by atoms with Crippen molar-refractivity contribution in [3.63, 3.8) is 0 Å². The van der Waals surface area contributed by atoms with Crippen molar-refractivity contribution >= 4 is 0 Å². The van der Waals surface area contributed by atoms with Crippen LogP contribution in [0.25, 0.3) is 0 Å². The van der Waals surface area contributed by atoms with E-state index in [4.69, 9.17) is 4.74 Å². The average molecular weight is 274 g/mol. The van der Waals surface area contributed by atoms with E-state index in [9.17, 15) is 0 Å². The van der Waals surface area contributed by atoms with Crippen LogP contribution < -0.4 is 5.32 Å². The first-order chi connectivity index (χ1) is 9.88. The van der Waals surface area contributed by atoms with Crippen LogP contribution in [0.3, 0.4) is 0 Å². The van der Waals surface area contributed by atoms with Gasteiger partial charge in [0.25, 0.3) is 0 Å². The summed E-state index contributed by atoms with van der Waals surface area (Å²) in [4.78, 5) is 2.68. The molecular formula is C17H26N2O. The Hall–Kier alpha value is -0.900. The number of hydrogen-bond donors (Lipinski definition) is 1. The highest BCUT2D eigenvalue weighted by Crippen LogP contribution is 2.29. The molecule has 1 aromatic rings. The fraction of sp³-hybridized carbons (Fsp3) is 0.647. The number of benzene rings is 1. The van der Waals surface area contributed by atoms with Gasteiger partial charge in [-0.15, -0.1) is 0 Å². The second-order valence-corrected chi connectivity index (χ2v) is 6.08. The molecule has 2 saturated heterocycles. The lowest BCUT2D eigenvalue weighted by Crippen LogP contribution is -2.46. The standard InChI is InChI=1S/C17H26N2O/c1-20-13-16(14-7-3-2-4-8-14)18-15-10-12-19-11-6-5-9-17(15)19/h2-4,7-8,15-18H,5-6,9-13H2,1H3. The third kappa shape index (κ3) is 3.05. The molecule has 2 aliphatic rings. The van der Waals surface area contributed by atoms with Crippen LogP contribution in [-0.2, 0) is 4.74 Å². The van der Waals surface area contributed by atoms with Crippen LogP contribution in [0.15, 0.2) is 30.3 Å². The van der Waals surface area contributed by atoms with E-state index in [1.54, 1.807) is 7.11 Å². The molecule has 2 fully saturated rings. The van der Waals surface area contributed by atoms with Gasteiger partial charge in [0.1, 0.15) is 0 Å². The van der Waals surface area contributed by atoms with Gasteiger partial charge in [-0.2, -0.15) is 0 Å². The van der Waals surface area contributed by atoms with Crippen molar-refractivity contribution < 1.29 is 4.74 Å². The summed E-state index contributed by atoms with van der Waals surface area (Å²) >= 11 is 0. The Morgan fingerprint density at radius 1 is 1.20 bits per heavy atom. The predicted molar refractivity (Wildman–Crippen MR) is 81.8 cm³/mol. The quantitative estimate of drug-likeness (QED) is 0.893. The molecule has 3 rings (SSSR count). The van der Waals surface area contributed by atoms with Crippen LogP contribution in [0.1, 0.15) is 37.3 Å². The van der Waals surface area contributed by atoms with E-state index in [2.05, 4.69) is 40.5 Å². The molecule has 1 N–H and O–H groups in total. The first-order valence-electron chi connectivity index (χ1n) is 7.92. The summed E-state index contributed by atoms with van der Waals surface area (Å²) in [5.41, 5.74) is 1.34. The van der Waals surface area contributed by atoms with E-state index in [0.717, 1.165) is 12.6 Å². The molecule has 0 spiro atoms. The van der Waals surface area contributed by atoms with E-state index >= 15 is 0 Å². The minimum atomic E-state index is 0.313. The van der Waals surface area contributed by atoms with Crippen molar-refractivity contribution in [3.8, 4) is 0 Å². The lowest BCUT2D eigenvalue weighted by Gasteiger charge is -2.34. The van der Waals surface area contributed by atoms with Crippen molar-refractivity contribution in [3.05, 3.63) is 35.9 Å². The Morgan fingerprint density at radius 2 is 2.05 bits per heavy atom. The van der Waals surface area contributed by atoms with Crippen LogP contribution in [0.4, 0.5) is 0 Å². The topological polar surface area (TPSA) is 24.5 Å². The maximum atomic E-state index is 5.43. The van der Waals surface area contributed by atoms with Gasteiger partial charge in [0.05, 0.1) is 12.6 Å². The summed E-state index contributed by atoms with van der Waals surface area (Å²) in [6.45, 7) is 3.30. The normalized spacial score (nSPS) is 28.2. The van der Waals surface area contributed by atoms with E-state index in [1.165, 1.54) is 44.3 Å². The molecule has 2 heterocycles. The van der Waals surface area contributed by atoms with Crippen LogP contribution in [-0.4, -0.2) is 43.8 Å². The summed E-state index contributed by atoms with van der Waals surface area (Å²) in [5.74, 6) is 0. The third-order valence-corrected chi connectivity index (χ3v) is 4.81. The molecular weight excluding hydrogens is 248 g/mol. The zero-order valence-corrected chi connectivity index (χ0v) is 12.4. The van der Waals surface area contributed by atoms with Gasteiger partial charge >= 0.3 is 0 Å². The van der Waals surface area contributed by atoms with E-state index in [1.807, 2.05) is 0 Å². The molecule has 110 valence electrons. The lowest BCUT2D eigenvalue weighted by molar-refractivity contribution is 0.142. The highest BCUT2D eigenvalue weighted by Gasteiger charge is 2.36. The molecule has 3 atom stereocenters. The van der Waals surface area contributed by atoms with Crippen molar-refractivity contribution in [2.24, 2.45) is 0 Å². The van der Waals surface area contributed by atoms with Crippen LogP contribution >= 0.6 is 0 Å². The SMILES string of the molecule is COCC(NC1CCN2CCCCC12)c1ccccc1. The second kappa shape index (κ2) is 6.70. The largest absolute Gasteiger partial charge is 0.383 e. The average Bonchev–Trinajstić information content (AvgIpc) is 2.91. The van der Waals surface area contributed by atoms with Crippen LogP contribution in [0, 0.1) is 0 Å². The van der Waals surface area contributed by atoms with Gasteiger partial charge in [-0.05, 0) is 31.4 Å². The zero-order valence-electron chi connectivity index (χ0n) is 12.4. The number of ether oxygens (including phenoxy) is 1. The Balaban J connectivity index is 1.67. The van der Waals surface area contributed by atoms with Gasteiger partial charge in [0, 0.05) is 25.7 Å². The van der Waals surface area contributed by atoms with E-state index < -0.39 is 0 Å². The molecule has 0 bridgehead atoms.